The van der Waals surface area contributed by atoms with E-state index in [9.17, 15) is 5.11 Å². The van der Waals surface area contributed by atoms with E-state index in [-0.39, 0.29) is 27.7 Å². The van der Waals surface area contributed by atoms with Crippen LogP contribution in [0, 0.1) is 5.82 Å². The van der Waals surface area contributed by atoms with Gasteiger partial charge in [-0.1, -0.05) is 17.7 Å². The minimum absolute atomic E-state index is 0.0669. The van der Waals surface area contributed by atoms with Crippen LogP contribution in [0.2, 0.25) is 5.02 Å². The zero-order valence-electron chi connectivity index (χ0n) is 18.9. The second-order valence-electron chi connectivity index (χ2n) is 8.15. The van der Waals surface area contributed by atoms with Gasteiger partial charge in [0.2, 0.25) is 5.88 Å². The molecule has 0 spiro atoms. The average Bonchev–Trinajstić information content (AvgIpc) is 2.88. The first-order valence-corrected chi connectivity index (χ1v) is 11.4. The molecule has 0 bridgehead atoms. The van der Waals surface area contributed by atoms with Crippen molar-refractivity contribution in [2.45, 2.75) is 6.10 Å². The SMILES string of the molecule is COc1ccc([C@@H](O)c2cc(-c3cc(N)nc4cc(N5CCOCC5)ccc34)c(F)cc2Cl)nn1. The van der Waals surface area contributed by atoms with E-state index in [1.54, 1.807) is 18.2 Å². The maximum Gasteiger partial charge on any atom is 0.233 e. The van der Waals surface area contributed by atoms with E-state index in [0.717, 1.165) is 24.2 Å². The molecule has 0 aliphatic carbocycles. The van der Waals surface area contributed by atoms with Gasteiger partial charge >= 0.3 is 0 Å². The van der Waals surface area contributed by atoms with Crippen molar-refractivity contribution in [3.8, 4) is 17.0 Å². The van der Waals surface area contributed by atoms with Gasteiger partial charge in [0.1, 0.15) is 17.7 Å². The highest BCUT2D eigenvalue weighted by Crippen LogP contribution is 2.38. The third-order valence-electron chi connectivity index (χ3n) is 6.01. The van der Waals surface area contributed by atoms with E-state index in [1.807, 2.05) is 18.2 Å². The number of hydrogen-bond donors (Lipinski definition) is 2. The summed E-state index contributed by atoms with van der Waals surface area (Å²) in [6.07, 6.45) is -1.22. The number of anilines is 2. The van der Waals surface area contributed by atoms with Crippen LogP contribution in [-0.2, 0) is 4.74 Å². The molecule has 1 fully saturated rings. The van der Waals surface area contributed by atoms with Gasteiger partial charge in [0.05, 0.1) is 31.5 Å². The number of pyridine rings is 1. The molecule has 0 radical (unpaired) electrons. The monoisotopic (exact) mass is 495 g/mol. The number of fused-ring (bicyclic) bond motifs is 1. The summed E-state index contributed by atoms with van der Waals surface area (Å²) in [5.74, 6) is 0.0158. The molecule has 3 N–H and O–H groups in total. The summed E-state index contributed by atoms with van der Waals surface area (Å²) in [5.41, 5.74) is 9.07. The number of aliphatic hydroxyl groups is 1. The Bertz CT molecular complexity index is 1380. The summed E-state index contributed by atoms with van der Waals surface area (Å²) >= 11 is 6.32. The normalized spacial score (nSPS) is 14.8. The number of benzene rings is 2. The van der Waals surface area contributed by atoms with E-state index in [1.165, 1.54) is 19.2 Å². The van der Waals surface area contributed by atoms with Crippen LogP contribution in [0.25, 0.3) is 22.0 Å². The molecular formula is C25H23ClFN5O3. The van der Waals surface area contributed by atoms with E-state index >= 15 is 4.39 Å². The van der Waals surface area contributed by atoms with Crippen LogP contribution in [0.1, 0.15) is 17.4 Å². The fraction of sp³-hybridized carbons (Fsp3) is 0.240. The first-order valence-electron chi connectivity index (χ1n) is 11.0. The van der Waals surface area contributed by atoms with Crippen LogP contribution in [0.3, 0.4) is 0 Å². The molecule has 2 aromatic heterocycles. The lowest BCUT2D eigenvalue weighted by atomic mass is 9.96. The van der Waals surface area contributed by atoms with Crippen LogP contribution >= 0.6 is 11.6 Å². The van der Waals surface area contributed by atoms with Crippen LogP contribution < -0.4 is 15.4 Å². The smallest absolute Gasteiger partial charge is 0.233 e. The lowest BCUT2D eigenvalue weighted by molar-refractivity contribution is 0.122. The molecule has 8 nitrogen and oxygen atoms in total. The van der Waals surface area contributed by atoms with Crippen molar-refractivity contribution in [1.82, 2.24) is 15.2 Å². The highest BCUT2D eigenvalue weighted by molar-refractivity contribution is 6.31. The van der Waals surface area contributed by atoms with Gasteiger partial charge in [-0.15, -0.1) is 10.2 Å². The molecule has 1 atom stereocenters. The molecule has 10 heteroatoms. The number of rotatable bonds is 5. The minimum Gasteiger partial charge on any atom is -0.480 e. The van der Waals surface area contributed by atoms with Gasteiger partial charge in [0, 0.05) is 46.4 Å². The van der Waals surface area contributed by atoms with Crippen LogP contribution in [-0.4, -0.2) is 53.7 Å². The second-order valence-corrected chi connectivity index (χ2v) is 8.56. The quantitative estimate of drug-likeness (QED) is 0.428. The molecule has 0 unspecified atom stereocenters. The summed E-state index contributed by atoms with van der Waals surface area (Å²) in [7, 11) is 1.47. The largest absolute Gasteiger partial charge is 0.480 e. The van der Waals surface area contributed by atoms with Gasteiger partial charge in [-0.05, 0) is 42.0 Å². The number of morpholine rings is 1. The van der Waals surface area contributed by atoms with E-state index in [4.69, 9.17) is 26.8 Å². The van der Waals surface area contributed by atoms with Crippen molar-refractivity contribution < 1.29 is 19.0 Å². The van der Waals surface area contributed by atoms with Crippen molar-refractivity contribution in [2.75, 3.05) is 44.0 Å². The summed E-state index contributed by atoms with van der Waals surface area (Å²) in [5, 5.41) is 19.6. The fourth-order valence-corrected chi connectivity index (χ4v) is 4.46. The average molecular weight is 496 g/mol. The minimum atomic E-state index is -1.22. The van der Waals surface area contributed by atoms with E-state index in [2.05, 4.69) is 20.1 Å². The maximum atomic E-state index is 15.2. The van der Waals surface area contributed by atoms with Crippen molar-refractivity contribution in [3.05, 3.63) is 70.6 Å². The van der Waals surface area contributed by atoms with Crippen LogP contribution in [0.5, 0.6) is 5.88 Å². The number of nitrogens with two attached hydrogens (primary N) is 1. The highest BCUT2D eigenvalue weighted by atomic mass is 35.5. The Kier molecular flexibility index (Phi) is 6.38. The van der Waals surface area contributed by atoms with Crippen molar-refractivity contribution in [3.63, 3.8) is 0 Å². The molecular weight excluding hydrogens is 473 g/mol. The summed E-state index contributed by atoms with van der Waals surface area (Å²) < 4.78 is 25.7. The number of nitrogen functional groups attached to an aromatic ring is 1. The molecule has 180 valence electrons. The summed E-state index contributed by atoms with van der Waals surface area (Å²) in [4.78, 5) is 6.69. The predicted molar refractivity (Wildman–Crippen MR) is 132 cm³/mol. The Morgan fingerprint density at radius 3 is 2.60 bits per heavy atom. The molecule has 1 aliphatic rings. The third-order valence-corrected chi connectivity index (χ3v) is 6.34. The molecule has 35 heavy (non-hydrogen) atoms. The van der Waals surface area contributed by atoms with Crippen molar-refractivity contribution >= 4 is 34.0 Å². The molecule has 1 aliphatic heterocycles. The zero-order valence-corrected chi connectivity index (χ0v) is 19.7. The lowest BCUT2D eigenvalue weighted by Gasteiger charge is -2.29. The highest BCUT2D eigenvalue weighted by Gasteiger charge is 2.21. The Hall–Kier alpha value is -3.53. The van der Waals surface area contributed by atoms with Gasteiger partial charge in [0.25, 0.3) is 0 Å². The van der Waals surface area contributed by atoms with Crippen molar-refractivity contribution in [2.24, 2.45) is 0 Å². The van der Waals surface area contributed by atoms with Gasteiger partial charge in [-0.2, -0.15) is 0 Å². The number of aromatic nitrogens is 3. The standard InChI is InChI=1S/C25H23ClFN5O3/c1-34-24-5-4-21(30-31-24)25(33)18-11-17(20(27)13-19(18)26)16-12-23(28)29-22-10-14(2-3-15(16)22)32-6-8-35-9-7-32/h2-5,10-13,25,33H,6-9H2,1H3,(H2,28,29)/t25-/m0/s1. The van der Waals surface area contributed by atoms with Crippen LogP contribution in [0.4, 0.5) is 15.9 Å². The number of halogens is 2. The second kappa shape index (κ2) is 9.61. The molecule has 1 saturated heterocycles. The Labute approximate surface area is 206 Å². The number of ether oxygens (including phenoxy) is 2. The maximum absolute atomic E-state index is 15.2. The van der Waals surface area contributed by atoms with E-state index in [0.29, 0.717) is 30.2 Å². The first-order chi connectivity index (χ1) is 16.9. The van der Waals surface area contributed by atoms with Gasteiger partial charge < -0.3 is 25.2 Å². The molecule has 5 rings (SSSR count). The molecule has 3 heterocycles. The summed E-state index contributed by atoms with van der Waals surface area (Å²) in [6, 6.07) is 13.3. The van der Waals surface area contributed by atoms with Gasteiger partial charge in [0.15, 0.2) is 0 Å². The Morgan fingerprint density at radius 2 is 1.89 bits per heavy atom. The molecule has 0 saturated carbocycles. The predicted octanol–water partition coefficient (Wildman–Crippen LogP) is 3.99. The lowest BCUT2D eigenvalue weighted by Crippen LogP contribution is -2.36. The topological polar surface area (TPSA) is 107 Å². The first kappa shape index (κ1) is 23.2. The number of aliphatic hydroxyl groups excluding tert-OH is 1. The Morgan fingerprint density at radius 1 is 1.09 bits per heavy atom. The fourth-order valence-electron chi connectivity index (χ4n) is 4.20. The summed E-state index contributed by atoms with van der Waals surface area (Å²) in [6.45, 7) is 2.88. The number of hydrogen-bond acceptors (Lipinski definition) is 8. The molecule has 0 amide bonds. The molecule has 2 aromatic carbocycles. The number of methoxy groups -OCH3 is 1. The Balaban J connectivity index is 1.59. The molecule has 4 aromatic rings. The van der Waals surface area contributed by atoms with Gasteiger partial charge in [-0.3, -0.25) is 0 Å². The third kappa shape index (κ3) is 4.58. The van der Waals surface area contributed by atoms with Crippen molar-refractivity contribution in [1.29, 1.82) is 0 Å². The zero-order chi connectivity index (χ0) is 24.5. The van der Waals surface area contributed by atoms with Crippen LogP contribution in [0.15, 0.2) is 48.5 Å². The number of nitrogens with zero attached hydrogens (tertiary/aromatic N) is 4. The van der Waals surface area contributed by atoms with E-state index < -0.39 is 11.9 Å². The van der Waals surface area contributed by atoms with Gasteiger partial charge in [-0.25, -0.2) is 9.37 Å².